The fourth-order valence-corrected chi connectivity index (χ4v) is 2.89. The van der Waals surface area contributed by atoms with Gasteiger partial charge in [0.05, 0.1) is 12.4 Å². The number of rotatable bonds is 5. The average Bonchev–Trinajstić information content (AvgIpc) is 2.34. The fraction of sp³-hybridized carbons (Fsp3) is 0.286. The third kappa shape index (κ3) is 3.94. The summed E-state index contributed by atoms with van der Waals surface area (Å²) in [4.78, 5) is 0. The van der Waals surface area contributed by atoms with Crippen LogP contribution in [0.25, 0.3) is 10.8 Å². The predicted molar refractivity (Wildman–Crippen MR) is 76.6 cm³/mol. The van der Waals surface area contributed by atoms with Crippen LogP contribution in [0, 0.1) is 5.92 Å². The Morgan fingerprint density at radius 3 is 2.58 bits per heavy atom. The lowest BCUT2D eigenvalue weighted by molar-refractivity contribution is 0.275. The van der Waals surface area contributed by atoms with Gasteiger partial charge in [-0.1, -0.05) is 43.3 Å². The van der Waals surface area contributed by atoms with Gasteiger partial charge in [-0.3, -0.25) is 0 Å². The number of hydrogen-bond donors (Lipinski definition) is 1. The van der Waals surface area contributed by atoms with Crippen molar-refractivity contribution in [3.8, 4) is 5.75 Å². The molecule has 102 valence electrons. The van der Waals surface area contributed by atoms with Gasteiger partial charge < -0.3 is 4.74 Å². The summed E-state index contributed by atoms with van der Waals surface area (Å²) < 4.78 is 27.7. The molecule has 0 saturated heterocycles. The van der Waals surface area contributed by atoms with E-state index in [1.807, 2.05) is 42.5 Å². The van der Waals surface area contributed by atoms with Crippen LogP contribution in [0.1, 0.15) is 6.92 Å². The van der Waals surface area contributed by atoms with Crippen molar-refractivity contribution < 1.29 is 13.2 Å². The molecule has 1 atom stereocenters. The molecule has 1 unspecified atom stereocenters. The van der Waals surface area contributed by atoms with Crippen LogP contribution in [-0.4, -0.2) is 20.8 Å². The van der Waals surface area contributed by atoms with E-state index in [1.54, 1.807) is 6.92 Å². The standard InChI is InChI=1S/C14H17NO3S/c1-11(10-19(15,16)17)9-18-14-8-4-6-12-5-2-3-7-13(12)14/h2-8,11H,9-10H2,1H3,(H2,15,16,17). The Labute approximate surface area is 113 Å². The summed E-state index contributed by atoms with van der Waals surface area (Å²) in [5, 5.41) is 7.13. The molecule has 2 aromatic rings. The second-order valence-electron chi connectivity index (χ2n) is 4.72. The predicted octanol–water partition coefficient (Wildman–Crippen LogP) is 2.14. The molecular weight excluding hydrogens is 262 g/mol. The molecule has 0 aliphatic heterocycles. The molecule has 0 fully saturated rings. The van der Waals surface area contributed by atoms with Gasteiger partial charge in [0.2, 0.25) is 10.0 Å². The van der Waals surface area contributed by atoms with Gasteiger partial charge >= 0.3 is 0 Å². The number of nitrogens with two attached hydrogens (primary N) is 1. The largest absolute Gasteiger partial charge is 0.493 e. The van der Waals surface area contributed by atoms with E-state index in [1.165, 1.54) is 0 Å². The zero-order chi connectivity index (χ0) is 13.9. The Bertz CT molecular complexity index is 662. The Kier molecular flexibility index (Phi) is 4.07. The molecule has 2 rings (SSSR count). The Morgan fingerprint density at radius 2 is 1.84 bits per heavy atom. The summed E-state index contributed by atoms with van der Waals surface area (Å²) in [5.74, 6) is 0.547. The Balaban J connectivity index is 2.10. The summed E-state index contributed by atoms with van der Waals surface area (Å²) in [6, 6.07) is 13.7. The van der Waals surface area contributed by atoms with Crippen LogP contribution in [0.4, 0.5) is 0 Å². The third-order valence-corrected chi connectivity index (χ3v) is 3.82. The number of sulfonamides is 1. The lowest BCUT2D eigenvalue weighted by Crippen LogP contribution is -2.25. The molecule has 5 heteroatoms. The van der Waals surface area contributed by atoms with Crippen molar-refractivity contribution >= 4 is 20.8 Å². The van der Waals surface area contributed by atoms with E-state index in [0.29, 0.717) is 6.61 Å². The Morgan fingerprint density at radius 1 is 1.16 bits per heavy atom. The van der Waals surface area contributed by atoms with Gasteiger partial charge in [0, 0.05) is 11.3 Å². The van der Waals surface area contributed by atoms with Crippen molar-refractivity contribution in [2.75, 3.05) is 12.4 Å². The van der Waals surface area contributed by atoms with Gasteiger partial charge in [-0.05, 0) is 11.5 Å². The Hall–Kier alpha value is -1.59. The molecule has 4 nitrogen and oxygen atoms in total. The number of benzene rings is 2. The second kappa shape index (κ2) is 5.59. The van der Waals surface area contributed by atoms with E-state index < -0.39 is 10.0 Å². The van der Waals surface area contributed by atoms with Crippen LogP contribution < -0.4 is 9.88 Å². The minimum absolute atomic E-state index is 0.0717. The first kappa shape index (κ1) is 13.8. The lowest BCUT2D eigenvalue weighted by atomic mass is 10.1. The molecule has 0 aromatic heterocycles. The van der Waals surface area contributed by atoms with Crippen LogP contribution >= 0.6 is 0 Å². The monoisotopic (exact) mass is 279 g/mol. The molecule has 0 spiro atoms. The van der Waals surface area contributed by atoms with Crippen LogP contribution in [0.3, 0.4) is 0 Å². The summed E-state index contributed by atoms with van der Waals surface area (Å²) in [7, 11) is -3.45. The highest BCUT2D eigenvalue weighted by atomic mass is 32.2. The van der Waals surface area contributed by atoms with E-state index in [0.717, 1.165) is 16.5 Å². The molecule has 0 aliphatic carbocycles. The van der Waals surface area contributed by atoms with Gasteiger partial charge in [-0.15, -0.1) is 0 Å². The van der Waals surface area contributed by atoms with Crippen LogP contribution in [0.5, 0.6) is 5.75 Å². The van der Waals surface area contributed by atoms with Crippen LogP contribution in [0.2, 0.25) is 0 Å². The molecule has 0 heterocycles. The minimum atomic E-state index is -3.45. The first-order valence-electron chi connectivity index (χ1n) is 6.07. The normalized spacial score (nSPS) is 13.4. The smallest absolute Gasteiger partial charge is 0.209 e. The summed E-state index contributed by atoms with van der Waals surface area (Å²) in [5.41, 5.74) is 0. The summed E-state index contributed by atoms with van der Waals surface area (Å²) in [6.07, 6.45) is 0. The zero-order valence-corrected chi connectivity index (χ0v) is 11.6. The average molecular weight is 279 g/mol. The van der Waals surface area contributed by atoms with Gasteiger partial charge in [-0.25, -0.2) is 13.6 Å². The molecule has 19 heavy (non-hydrogen) atoms. The first-order chi connectivity index (χ1) is 8.96. The number of hydrogen-bond acceptors (Lipinski definition) is 3. The zero-order valence-electron chi connectivity index (χ0n) is 10.7. The summed E-state index contributed by atoms with van der Waals surface area (Å²) >= 11 is 0. The number of fused-ring (bicyclic) bond motifs is 1. The highest BCUT2D eigenvalue weighted by molar-refractivity contribution is 7.89. The molecule has 0 bridgehead atoms. The maximum Gasteiger partial charge on any atom is 0.209 e. The number of ether oxygens (including phenoxy) is 1. The molecule has 2 N–H and O–H groups in total. The fourth-order valence-electron chi connectivity index (χ4n) is 2.00. The lowest BCUT2D eigenvalue weighted by Gasteiger charge is -2.13. The highest BCUT2D eigenvalue weighted by Gasteiger charge is 2.12. The van der Waals surface area contributed by atoms with Crippen molar-refractivity contribution in [1.82, 2.24) is 0 Å². The van der Waals surface area contributed by atoms with E-state index in [2.05, 4.69) is 0 Å². The van der Waals surface area contributed by atoms with E-state index in [-0.39, 0.29) is 11.7 Å². The molecule has 0 radical (unpaired) electrons. The molecule has 0 amide bonds. The highest BCUT2D eigenvalue weighted by Crippen LogP contribution is 2.25. The van der Waals surface area contributed by atoms with E-state index >= 15 is 0 Å². The first-order valence-corrected chi connectivity index (χ1v) is 7.78. The van der Waals surface area contributed by atoms with Crippen molar-refractivity contribution in [3.05, 3.63) is 42.5 Å². The molecular formula is C14H17NO3S. The van der Waals surface area contributed by atoms with E-state index in [4.69, 9.17) is 9.88 Å². The van der Waals surface area contributed by atoms with Crippen molar-refractivity contribution in [2.45, 2.75) is 6.92 Å². The quantitative estimate of drug-likeness (QED) is 0.911. The molecule has 0 aliphatic rings. The summed E-state index contributed by atoms with van der Waals surface area (Å²) in [6.45, 7) is 2.12. The van der Waals surface area contributed by atoms with Crippen LogP contribution in [0.15, 0.2) is 42.5 Å². The third-order valence-electron chi connectivity index (χ3n) is 2.79. The second-order valence-corrected chi connectivity index (χ2v) is 6.38. The number of primary sulfonamides is 1. The van der Waals surface area contributed by atoms with Gasteiger partial charge in [-0.2, -0.15) is 0 Å². The van der Waals surface area contributed by atoms with Crippen LogP contribution in [-0.2, 0) is 10.0 Å². The molecule has 0 saturated carbocycles. The maximum atomic E-state index is 11.0. The van der Waals surface area contributed by atoms with Gasteiger partial charge in [0.1, 0.15) is 5.75 Å². The van der Waals surface area contributed by atoms with Crippen molar-refractivity contribution in [3.63, 3.8) is 0 Å². The molecule has 2 aromatic carbocycles. The van der Waals surface area contributed by atoms with Gasteiger partial charge in [0.15, 0.2) is 0 Å². The maximum absolute atomic E-state index is 11.0. The minimum Gasteiger partial charge on any atom is -0.493 e. The van der Waals surface area contributed by atoms with Crippen molar-refractivity contribution in [1.29, 1.82) is 0 Å². The topological polar surface area (TPSA) is 69.4 Å². The van der Waals surface area contributed by atoms with Crippen molar-refractivity contribution in [2.24, 2.45) is 11.1 Å². The van der Waals surface area contributed by atoms with E-state index in [9.17, 15) is 8.42 Å². The van der Waals surface area contributed by atoms with Gasteiger partial charge in [0.25, 0.3) is 0 Å². The SMILES string of the molecule is CC(COc1cccc2ccccc12)CS(N)(=O)=O.